The summed E-state index contributed by atoms with van der Waals surface area (Å²) in [6.07, 6.45) is 7.41. The molecule has 1 amide bonds. The van der Waals surface area contributed by atoms with Gasteiger partial charge in [0.2, 0.25) is 5.91 Å². The number of hydrogen-bond donors (Lipinski definition) is 0. The summed E-state index contributed by atoms with van der Waals surface area (Å²) in [7, 11) is 1.97. The van der Waals surface area contributed by atoms with E-state index in [-0.39, 0.29) is 5.91 Å². The van der Waals surface area contributed by atoms with Gasteiger partial charge in [0.1, 0.15) is 0 Å². The predicted molar refractivity (Wildman–Crippen MR) is 108 cm³/mol. The number of carbonyl (C=O) groups is 1. The fourth-order valence-corrected chi connectivity index (χ4v) is 5.26. The first kappa shape index (κ1) is 19.3. The Balaban J connectivity index is 1.69. The quantitative estimate of drug-likeness (QED) is 0.733. The van der Waals surface area contributed by atoms with Crippen molar-refractivity contribution in [1.29, 1.82) is 0 Å². The molecule has 3 rings (SSSR count). The number of halogens is 2. The molecule has 3 nitrogen and oxygen atoms in total. The molecule has 138 valence electrons. The van der Waals surface area contributed by atoms with Gasteiger partial charge in [-0.1, -0.05) is 29.3 Å². The standard InChI is InChI=1S/C19H26Cl2N2OS/c1-22(19(24)10-13-5-6-15(20)16(21)9-13)17-11-14(25-2)12-18(17)23-7-3-4-8-23/h5-6,9,14,17-18H,3-4,7-8,10-12H2,1-2H3. The summed E-state index contributed by atoms with van der Waals surface area (Å²) in [6, 6.07) is 6.26. The molecule has 25 heavy (non-hydrogen) atoms. The summed E-state index contributed by atoms with van der Waals surface area (Å²) in [5.74, 6) is 0.161. The van der Waals surface area contributed by atoms with Crippen molar-refractivity contribution in [1.82, 2.24) is 9.80 Å². The first-order valence-corrected chi connectivity index (χ1v) is 11.0. The van der Waals surface area contributed by atoms with Crippen LogP contribution in [0, 0.1) is 0 Å². The van der Waals surface area contributed by atoms with Crippen LogP contribution in [0.25, 0.3) is 0 Å². The Morgan fingerprint density at radius 1 is 1.24 bits per heavy atom. The van der Waals surface area contributed by atoms with Crippen LogP contribution in [0.5, 0.6) is 0 Å². The number of likely N-dealkylation sites (tertiary alicyclic amines) is 1. The maximum Gasteiger partial charge on any atom is 0.227 e. The SMILES string of the molecule is CSC1CC(N2CCCC2)C(N(C)C(=O)Cc2ccc(Cl)c(Cl)c2)C1. The van der Waals surface area contributed by atoms with Crippen molar-refractivity contribution >= 4 is 40.9 Å². The van der Waals surface area contributed by atoms with Crippen molar-refractivity contribution in [2.24, 2.45) is 0 Å². The van der Waals surface area contributed by atoms with E-state index in [9.17, 15) is 4.79 Å². The van der Waals surface area contributed by atoms with Gasteiger partial charge in [0.15, 0.2) is 0 Å². The van der Waals surface area contributed by atoms with Crippen LogP contribution in [0.2, 0.25) is 10.0 Å². The second kappa shape index (κ2) is 8.51. The summed E-state index contributed by atoms with van der Waals surface area (Å²) in [6.45, 7) is 2.36. The molecule has 3 atom stereocenters. The van der Waals surface area contributed by atoms with Gasteiger partial charge >= 0.3 is 0 Å². The van der Waals surface area contributed by atoms with E-state index >= 15 is 0 Å². The Bertz CT molecular complexity index is 621. The minimum Gasteiger partial charge on any atom is -0.341 e. The topological polar surface area (TPSA) is 23.6 Å². The second-order valence-electron chi connectivity index (χ2n) is 7.14. The lowest BCUT2D eigenvalue weighted by Crippen LogP contribution is -2.49. The van der Waals surface area contributed by atoms with E-state index in [4.69, 9.17) is 23.2 Å². The van der Waals surface area contributed by atoms with Crippen LogP contribution in [0.15, 0.2) is 18.2 Å². The molecule has 1 aromatic carbocycles. The number of likely N-dealkylation sites (N-methyl/N-ethyl adjacent to an activating group) is 1. The van der Waals surface area contributed by atoms with E-state index in [0.29, 0.717) is 33.8 Å². The van der Waals surface area contributed by atoms with Gasteiger partial charge in [-0.25, -0.2) is 0 Å². The van der Waals surface area contributed by atoms with Crippen LogP contribution in [0.3, 0.4) is 0 Å². The van der Waals surface area contributed by atoms with Crippen LogP contribution in [0.1, 0.15) is 31.2 Å². The molecular formula is C19H26Cl2N2OS. The lowest BCUT2D eigenvalue weighted by atomic mass is 10.1. The van der Waals surface area contributed by atoms with Crippen LogP contribution in [-0.2, 0) is 11.2 Å². The highest BCUT2D eigenvalue weighted by molar-refractivity contribution is 7.99. The third-order valence-corrected chi connectivity index (χ3v) is 7.42. The van der Waals surface area contributed by atoms with Gasteiger partial charge in [-0.2, -0.15) is 11.8 Å². The van der Waals surface area contributed by atoms with E-state index in [1.165, 1.54) is 32.4 Å². The highest BCUT2D eigenvalue weighted by Crippen LogP contribution is 2.36. The fourth-order valence-electron chi connectivity index (χ4n) is 4.16. The molecule has 2 fully saturated rings. The van der Waals surface area contributed by atoms with Crippen LogP contribution in [-0.4, -0.2) is 59.4 Å². The molecule has 1 aliphatic heterocycles. The Hall–Kier alpha value is -0.420. The molecule has 0 N–H and O–H groups in total. The largest absolute Gasteiger partial charge is 0.341 e. The molecule has 2 aliphatic rings. The number of carbonyl (C=O) groups excluding carboxylic acids is 1. The molecule has 1 saturated heterocycles. The molecule has 1 aromatic rings. The van der Waals surface area contributed by atoms with E-state index < -0.39 is 0 Å². The molecule has 1 saturated carbocycles. The number of thioether (sulfide) groups is 1. The van der Waals surface area contributed by atoms with Crippen molar-refractivity contribution in [3.8, 4) is 0 Å². The summed E-state index contributed by atoms with van der Waals surface area (Å²) < 4.78 is 0. The van der Waals surface area contributed by atoms with Crippen molar-refractivity contribution in [3.05, 3.63) is 33.8 Å². The van der Waals surface area contributed by atoms with Crippen molar-refractivity contribution < 1.29 is 4.79 Å². The monoisotopic (exact) mass is 400 g/mol. The zero-order valence-corrected chi connectivity index (χ0v) is 17.2. The Labute approximate surface area is 165 Å². The van der Waals surface area contributed by atoms with Gasteiger partial charge in [-0.15, -0.1) is 0 Å². The van der Waals surface area contributed by atoms with E-state index in [2.05, 4.69) is 11.2 Å². The predicted octanol–water partition coefficient (Wildman–Crippen LogP) is 4.35. The van der Waals surface area contributed by atoms with Crippen LogP contribution >= 0.6 is 35.0 Å². The van der Waals surface area contributed by atoms with Gasteiger partial charge in [-0.3, -0.25) is 9.69 Å². The normalized spacial score (nSPS) is 27.0. The highest BCUT2D eigenvalue weighted by Gasteiger charge is 2.41. The summed E-state index contributed by atoms with van der Waals surface area (Å²) in [5, 5.41) is 1.68. The third-order valence-electron chi connectivity index (χ3n) is 5.63. The van der Waals surface area contributed by atoms with E-state index in [1.807, 2.05) is 29.8 Å². The van der Waals surface area contributed by atoms with Gasteiger partial charge < -0.3 is 4.90 Å². The average molecular weight is 401 g/mol. The second-order valence-corrected chi connectivity index (χ2v) is 9.09. The third kappa shape index (κ3) is 4.47. The first-order chi connectivity index (χ1) is 12.0. The minimum atomic E-state index is 0.161. The van der Waals surface area contributed by atoms with Gasteiger partial charge in [-0.05, 0) is 62.7 Å². The summed E-state index contributed by atoms with van der Waals surface area (Å²) >= 11 is 14.0. The Kier molecular flexibility index (Phi) is 6.59. The van der Waals surface area contributed by atoms with E-state index in [1.54, 1.807) is 12.1 Å². The zero-order chi connectivity index (χ0) is 18.0. The molecule has 6 heteroatoms. The molecule has 1 aliphatic carbocycles. The maximum absolute atomic E-state index is 12.9. The molecule has 0 spiro atoms. The summed E-state index contributed by atoms with van der Waals surface area (Å²) in [5.41, 5.74) is 0.920. The van der Waals surface area contributed by atoms with Crippen molar-refractivity contribution in [3.63, 3.8) is 0 Å². The summed E-state index contributed by atoms with van der Waals surface area (Å²) in [4.78, 5) is 17.5. The Morgan fingerprint density at radius 3 is 2.60 bits per heavy atom. The lowest BCUT2D eigenvalue weighted by Gasteiger charge is -2.35. The molecule has 0 aromatic heterocycles. The molecule has 3 unspecified atom stereocenters. The maximum atomic E-state index is 12.9. The number of benzene rings is 1. The van der Waals surface area contributed by atoms with Crippen LogP contribution in [0.4, 0.5) is 0 Å². The highest BCUT2D eigenvalue weighted by atomic mass is 35.5. The van der Waals surface area contributed by atoms with Gasteiger partial charge in [0.25, 0.3) is 0 Å². The van der Waals surface area contributed by atoms with Crippen molar-refractivity contribution in [2.45, 2.75) is 49.4 Å². The fraction of sp³-hybridized carbons (Fsp3) is 0.632. The smallest absolute Gasteiger partial charge is 0.227 e. The number of rotatable bonds is 5. The minimum absolute atomic E-state index is 0.161. The average Bonchev–Trinajstić information content (AvgIpc) is 3.26. The Morgan fingerprint density at radius 2 is 1.96 bits per heavy atom. The first-order valence-electron chi connectivity index (χ1n) is 8.96. The zero-order valence-electron chi connectivity index (χ0n) is 14.9. The van der Waals surface area contributed by atoms with E-state index in [0.717, 1.165) is 12.0 Å². The van der Waals surface area contributed by atoms with Crippen LogP contribution < -0.4 is 0 Å². The lowest BCUT2D eigenvalue weighted by molar-refractivity contribution is -0.132. The molecule has 1 heterocycles. The number of amides is 1. The molecule has 0 radical (unpaired) electrons. The molecular weight excluding hydrogens is 375 g/mol. The number of nitrogens with zero attached hydrogens (tertiary/aromatic N) is 2. The number of hydrogen-bond acceptors (Lipinski definition) is 3. The molecule has 0 bridgehead atoms. The van der Waals surface area contributed by atoms with Gasteiger partial charge in [0, 0.05) is 24.4 Å². The van der Waals surface area contributed by atoms with Gasteiger partial charge in [0.05, 0.1) is 16.5 Å². The van der Waals surface area contributed by atoms with Crippen molar-refractivity contribution in [2.75, 3.05) is 26.4 Å².